The smallest absolute Gasteiger partial charge is 0.406 e. The Labute approximate surface area is 162 Å². The Balaban J connectivity index is 1.89. The molecule has 152 valence electrons. The van der Waals surface area contributed by atoms with Crippen molar-refractivity contribution in [1.82, 2.24) is 4.90 Å². The second kappa shape index (κ2) is 9.74. The van der Waals surface area contributed by atoms with Crippen LogP contribution < -0.4 is 10.1 Å². The first-order valence-electron chi connectivity index (χ1n) is 7.99. The number of anilines is 1. The van der Waals surface area contributed by atoms with E-state index in [2.05, 4.69) is 10.1 Å². The summed E-state index contributed by atoms with van der Waals surface area (Å²) in [5, 5.41) is 2.59. The van der Waals surface area contributed by atoms with Crippen LogP contribution in [0.3, 0.4) is 0 Å². The number of carbonyl (C=O) groups excluding carboxylic acids is 1. The van der Waals surface area contributed by atoms with Crippen molar-refractivity contribution in [1.29, 1.82) is 0 Å². The number of hydrogen-bond acceptors (Lipinski definition) is 4. The molecule has 0 bridgehead atoms. The van der Waals surface area contributed by atoms with Gasteiger partial charge in [0.1, 0.15) is 5.75 Å². The Morgan fingerprint density at radius 3 is 2.39 bits per heavy atom. The normalized spacial score (nSPS) is 11.7. The fourth-order valence-electron chi connectivity index (χ4n) is 2.37. The molecule has 0 aliphatic carbocycles. The second-order valence-electron chi connectivity index (χ2n) is 5.79. The first-order chi connectivity index (χ1) is 13.1. The van der Waals surface area contributed by atoms with Crippen LogP contribution >= 0.6 is 11.8 Å². The second-order valence-corrected chi connectivity index (χ2v) is 6.82. The highest BCUT2D eigenvalue weighted by Gasteiger charge is 2.30. The summed E-state index contributed by atoms with van der Waals surface area (Å²) in [6.45, 7) is 0.266. The van der Waals surface area contributed by atoms with Crippen LogP contribution in [0.2, 0.25) is 0 Å². The van der Waals surface area contributed by atoms with E-state index in [1.165, 1.54) is 36.4 Å². The molecule has 2 aromatic rings. The minimum atomic E-state index is -4.75. The third kappa shape index (κ3) is 7.73. The molecule has 10 heteroatoms. The summed E-state index contributed by atoms with van der Waals surface area (Å²) < 4.78 is 65.4. The molecule has 1 amide bonds. The van der Waals surface area contributed by atoms with E-state index in [0.717, 1.165) is 0 Å². The first-order valence-corrected chi connectivity index (χ1v) is 8.87. The zero-order valence-corrected chi connectivity index (χ0v) is 15.5. The molecule has 0 fully saturated rings. The van der Waals surface area contributed by atoms with E-state index in [0.29, 0.717) is 29.6 Å². The molecular formula is C18H17F5N2O2S. The average molecular weight is 420 g/mol. The number of nitrogens with one attached hydrogen (secondary N) is 1. The summed E-state index contributed by atoms with van der Waals surface area (Å²) in [5.74, 6) is -3.34. The molecule has 28 heavy (non-hydrogen) atoms. The van der Waals surface area contributed by atoms with Crippen LogP contribution in [-0.2, 0) is 11.3 Å². The van der Waals surface area contributed by atoms with Gasteiger partial charge in [0.2, 0.25) is 5.91 Å². The third-order valence-electron chi connectivity index (χ3n) is 3.40. The topological polar surface area (TPSA) is 41.6 Å². The summed E-state index contributed by atoms with van der Waals surface area (Å²) in [6, 6.07) is 11.5. The summed E-state index contributed by atoms with van der Waals surface area (Å²) in [4.78, 5) is 14.1. The van der Waals surface area contributed by atoms with Crippen molar-refractivity contribution < 1.29 is 31.5 Å². The van der Waals surface area contributed by atoms with Crippen molar-refractivity contribution in [3.05, 3.63) is 54.1 Å². The zero-order valence-electron chi connectivity index (χ0n) is 14.7. The number of nitrogens with zero attached hydrogens (tertiary/aromatic N) is 1. The number of alkyl halides is 5. The molecule has 0 aliphatic heterocycles. The maximum absolute atomic E-state index is 12.6. The van der Waals surface area contributed by atoms with Gasteiger partial charge in [-0.05, 0) is 36.9 Å². The van der Waals surface area contributed by atoms with Gasteiger partial charge in [0.05, 0.1) is 12.2 Å². The van der Waals surface area contributed by atoms with Gasteiger partial charge in [-0.15, -0.1) is 13.2 Å². The molecular weight excluding hydrogens is 403 g/mol. The van der Waals surface area contributed by atoms with Crippen LogP contribution in [0.1, 0.15) is 5.56 Å². The van der Waals surface area contributed by atoms with Crippen molar-refractivity contribution in [3.8, 4) is 5.75 Å². The molecule has 0 atom stereocenters. The lowest BCUT2D eigenvalue weighted by atomic mass is 10.2. The minimum Gasteiger partial charge on any atom is -0.406 e. The van der Waals surface area contributed by atoms with Gasteiger partial charge in [-0.3, -0.25) is 9.69 Å². The van der Waals surface area contributed by atoms with Gasteiger partial charge >= 0.3 is 6.36 Å². The van der Waals surface area contributed by atoms with Crippen LogP contribution in [0.25, 0.3) is 0 Å². The van der Waals surface area contributed by atoms with Gasteiger partial charge in [-0.1, -0.05) is 36.0 Å². The number of ether oxygens (including phenoxy) is 1. The third-order valence-corrected chi connectivity index (χ3v) is 4.19. The number of halogens is 5. The molecule has 0 unspecified atom stereocenters. The van der Waals surface area contributed by atoms with E-state index < -0.39 is 18.0 Å². The fraction of sp³-hybridized carbons (Fsp3) is 0.278. The Morgan fingerprint density at radius 2 is 1.79 bits per heavy atom. The van der Waals surface area contributed by atoms with E-state index in [9.17, 15) is 26.7 Å². The van der Waals surface area contributed by atoms with Crippen LogP contribution in [0.15, 0.2) is 53.4 Å². The average Bonchev–Trinajstić information content (AvgIpc) is 2.56. The quantitative estimate of drug-likeness (QED) is 0.484. The van der Waals surface area contributed by atoms with Gasteiger partial charge in [0, 0.05) is 11.4 Å². The molecule has 0 spiro atoms. The van der Waals surface area contributed by atoms with Crippen molar-refractivity contribution >= 4 is 23.4 Å². The number of carbonyl (C=O) groups is 1. The Bertz CT molecular complexity index is 784. The number of para-hydroxylation sites is 1. The Hall–Kier alpha value is -2.33. The number of likely N-dealkylation sites (N-methyl/N-ethyl adjacent to an activating group) is 1. The highest BCUT2D eigenvalue weighted by molar-refractivity contribution is 7.99. The van der Waals surface area contributed by atoms with Crippen molar-refractivity contribution in [2.45, 2.75) is 23.6 Å². The van der Waals surface area contributed by atoms with E-state index in [-0.39, 0.29) is 17.2 Å². The number of amides is 1. The van der Waals surface area contributed by atoms with E-state index >= 15 is 0 Å². The number of benzene rings is 2. The highest BCUT2D eigenvalue weighted by Crippen LogP contribution is 2.31. The van der Waals surface area contributed by atoms with E-state index in [4.69, 9.17) is 0 Å². The molecule has 0 aliphatic rings. The molecule has 0 radical (unpaired) electrons. The predicted octanol–water partition coefficient (Wildman–Crippen LogP) is 4.97. The number of hydrogen-bond donors (Lipinski definition) is 1. The van der Waals surface area contributed by atoms with Crippen molar-refractivity contribution in [3.63, 3.8) is 0 Å². The van der Waals surface area contributed by atoms with Gasteiger partial charge in [-0.25, -0.2) is 0 Å². The van der Waals surface area contributed by atoms with E-state index in [1.807, 2.05) is 0 Å². The molecule has 0 saturated carbocycles. The Morgan fingerprint density at radius 1 is 1.14 bits per heavy atom. The maximum Gasteiger partial charge on any atom is 0.573 e. The van der Waals surface area contributed by atoms with Crippen molar-refractivity contribution in [2.24, 2.45) is 0 Å². The maximum atomic E-state index is 12.6. The number of thioether (sulfide) groups is 1. The summed E-state index contributed by atoms with van der Waals surface area (Å²) in [6.07, 6.45) is -4.75. The monoisotopic (exact) mass is 420 g/mol. The van der Waals surface area contributed by atoms with Gasteiger partial charge in [0.15, 0.2) is 0 Å². The molecule has 2 aromatic carbocycles. The highest BCUT2D eigenvalue weighted by atomic mass is 32.2. The minimum absolute atomic E-state index is 0.0333. The zero-order chi connectivity index (χ0) is 20.7. The largest absolute Gasteiger partial charge is 0.573 e. The summed E-state index contributed by atoms with van der Waals surface area (Å²) in [7, 11) is 1.65. The molecule has 4 nitrogen and oxygen atoms in total. The van der Waals surface area contributed by atoms with Crippen LogP contribution in [-0.4, -0.2) is 36.5 Å². The molecule has 1 N–H and O–H groups in total. The Kier molecular flexibility index (Phi) is 7.64. The molecule has 2 rings (SSSR count). The lowest BCUT2D eigenvalue weighted by Gasteiger charge is -2.17. The van der Waals surface area contributed by atoms with Crippen molar-refractivity contribution in [2.75, 3.05) is 18.9 Å². The van der Waals surface area contributed by atoms with E-state index in [1.54, 1.807) is 24.1 Å². The molecule has 0 saturated heterocycles. The van der Waals surface area contributed by atoms with Crippen LogP contribution in [0.5, 0.6) is 5.75 Å². The van der Waals surface area contributed by atoms with Gasteiger partial charge < -0.3 is 10.1 Å². The van der Waals surface area contributed by atoms with Crippen LogP contribution in [0, 0.1) is 0 Å². The lowest BCUT2D eigenvalue weighted by Crippen LogP contribution is -2.30. The fourth-order valence-corrected chi connectivity index (χ4v) is 2.96. The lowest BCUT2D eigenvalue weighted by molar-refractivity contribution is -0.274. The summed E-state index contributed by atoms with van der Waals surface area (Å²) in [5.41, 5.74) is 0.971. The van der Waals surface area contributed by atoms with Gasteiger partial charge in [0.25, 0.3) is 5.76 Å². The summed E-state index contributed by atoms with van der Waals surface area (Å²) >= 11 is 0.340. The molecule has 0 heterocycles. The van der Waals surface area contributed by atoms with Gasteiger partial charge in [-0.2, -0.15) is 8.78 Å². The predicted molar refractivity (Wildman–Crippen MR) is 96.4 cm³/mol. The SMILES string of the molecule is CN(CC(=O)Nc1ccccc1SC(F)F)Cc1ccc(OC(F)(F)F)cc1. The van der Waals surface area contributed by atoms with Crippen LogP contribution in [0.4, 0.5) is 27.6 Å². The standard InChI is InChI=1S/C18H17F5N2O2S/c1-25(10-12-6-8-13(9-7-12)27-18(21,22)23)11-16(26)24-14-4-2-3-5-15(14)28-17(19)20/h2-9,17H,10-11H2,1H3,(H,24,26). The number of rotatable bonds is 8. The molecule has 0 aromatic heterocycles. The first kappa shape index (κ1) is 22.0.